The van der Waals surface area contributed by atoms with E-state index in [2.05, 4.69) is 25.5 Å². The minimum atomic E-state index is 0.0548. The second kappa shape index (κ2) is 9.06. The van der Waals surface area contributed by atoms with Gasteiger partial charge in [-0.2, -0.15) is 5.10 Å². The van der Waals surface area contributed by atoms with E-state index >= 15 is 0 Å². The van der Waals surface area contributed by atoms with Crippen LogP contribution in [0.15, 0.2) is 42.5 Å². The maximum Gasteiger partial charge on any atom is 0.225 e. The molecule has 0 fully saturated rings. The smallest absolute Gasteiger partial charge is 0.225 e. The third-order valence-electron chi connectivity index (χ3n) is 4.27. The van der Waals surface area contributed by atoms with Crippen LogP contribution in [-0.4, -0.2) is 33.3 Å². The molecular formula is C20H17Cl3N6O. The molecule has 4 aromatic rings. The number of rotatable bonds is 7. The minimum absolute atomic E-state index is 0.0548. The van der Waals surface area contributed by atoms with E-state index < -0.39 is 0 Å². The average Bonchev–Trinajstić information content (AvgIpc) is 3.07. The van der Waals surface area contributed by atoms with Crippen LogP contribution in [0, 0.1) is 0 Å². The summed E-state index contributed by atoms with van der Waals surface area (Å²) in [5.41, 5.74) is 8.50. The molecule has 7 nitrogen and oxygen atoms in total. The summed E-state index contributed by atoms with van der Waals surface area (Å²) in [6.45, 7) is 0.879. The van der Waals surface area contributed by atoms with Crippen molar-refractivity contribution in [3.8, 4) is 5.75 Å². The van der Waals surface area contributed by atoms with Gasteiger partial charge in [-0.1, -0.05) is 29.3 Å². The molecule has 4 rings (SSSR count). The van der Waals surface area contributed by atoms with Gasteiger partial charge in [0.25, 0.3) is 0 Å². The Morgan fingerprint density at radius 3 is 2.67 bits per heavy atom. The quantitative estimate of drug-likeness (QED) is 0.264. The number of aromatic nitrogens is 4. The van der Waals surface area contributed by atoms with Crippen molar-refractivity contribution in [2.45, 2.75) is 6.42 Å². The molecule has 30 heavy (non-hydrogen) atoms. The Kier molecular flexibility index (Phi) is 6.24. The van der Waals surface area contributed by atoms with Gasteiger partial charge in [0.2, 0.25) is 5.28 Å². The minimum Gasteiger partial charge on any atom is -0.492 e. The van der Waals surface area contributed by atoms with E-state index in [4.69, 9.17) is 45.3 Å². The number of anilines is 2. The van der Waals surface area contributed by atoms with Crippen LogP contribution in [0.3, 0.4) is 0 Å². The molecule has 0 amide bonds. The van der Waals surface area contributed by atoms with E-state index in [0.29, 0.717) is 42.0 Å². The third kappa shape index (κ3) is 4.94. The number of aromatic amines is 1. The number of nitrogens with one attached hydrogen (secondary N) is 2. The van der Waals surface area contributed by atoms with Crippen molar-refractivity contribution in [2.75, 3.05) is 18.5 Å². The topological polar surface area (TPSA) is 102 Å². The first-order valence-electron chi connectivity index (χ1n) is 9.06. The molecule has 0 aliphatic rings. The van der Waals surface area contributed by atoms with Crippen molar-refractivity contribution in [3.63, 3.8) is 0 Å². The number of nitrogens with two attached hydrogens (primary N) is 1. The highest BCUT2D eigenvalue weighted by atomic mass is 35.5. The number of ether oxygens (including phenoxy) is 1. The van der Waals surface area contributed by atoms with Crippen molar-refractivity contribution in [3.05, 3.63) is 69.1 Å². The summed E-state index contributed by atoms with van der Waals surface area (Å²) in [5, 5.41) is 12.3. The van der Waals surface area contributed by atoms with Crippen LogP contribution in [0.2, 0.25) is 15.5 Å². The summed E-state index contributed by atoms with van der Waals surface area (Å²) in [5.74, 6) is 1.76. The van der Waals surface area contributed by atoms with Gasteiger partial charge in [0.15, 0.2) is 5.82 Å². The summed E-state index contributed by atoms with van der Waals surface area (Å²) in [7, 11) is 0. The zero-order valence-electron chi connectivity index (χ0n) is 15.6. The maximum atomic E-state index is 6.24. The largest absolute Gasteiger partial charge is 0.492 e. The normalized spacial score (nSPS) is 11.1. The second-order valence-corrected chi connectivity index (χ2v) is 7.69. The molecule has 0 radical (unpaired) electrons. The molecule has 10 heteroatoms. The van der Waals surface area contributed by atoms with Crippen LogP contribution in [-0.2, 0) is 6.42 Å². The fourth-order valence-electron chi connectivity index (χ4n) is 3.06. The molecule has 0 aliphatic heterocycles. The van der Waals surface area contributed by atoms with E-state index in [9.17, 15) is 0 Å². The molecule has 0 unspecified atom stereocenters. The predicted octanol–water partition coefficient (Wildman–Crippen LogP) is 4.99. The number of halogens is 3. The first-order valence-corrected chi connectivity index (χ1v) is 10.2. The SMILES string of the molecule is NCCOc1cc(Cl)cc(Cc2ccc3[nH]nc(Nc4cc(Cl)nc(Cl)n4)c3c2)c1. The molecule has 0 saturated carbocycles. The van der Waals surface area contributed by atoms with E-state index in [1.807, 2.05) is 30.3 Å². The van der Waals surface area contributed by atoms with Gasteiger partial charge in [-0.15, -0.1) is 0 Å². The zero-order chi connectivity index (χ0) is 21.1. The Bertz CT molecular complexity index is 1180. The number of hydrogen-bond donors (Lipinski definition) is 3. The Morgan fingerprint density at radius 2 is 1.87 bits per heavy atom. The Morgan fingerprint density at radius 1 is 1.00 bits per heavy atom. The Labute approximate surface area is 187 Å². The van der Waals surface area contributed by atoms with Crippen LogP contribution < -0.4 is 15.8 Å². The zero-order valence-corrected chi connectivity index (χ0v) is 17.9. The van der Waals surface area contributed by atoms with Gasteiger partial charge in [0, 0.05) is 23.0 Å². The number of hydrogen-bond acceptors (Lipinski definition) is 6. The van der Waals surface area contributed by atoms with Gasteiger partial charge < -0.3 is 15.8 Å². The summed E-state index contributed by atoms with van der Waals surface area (Å²) in [6.07, 6.45) is 0.672. The highest BCUT2D eigenvalue weighted by molar-refractivity contribution is 6.32. The highest BCUT2D eigenvalue weighted by Crippen LogP contribution is 2.28. The van der Waals surface area contributed by atoms with Crippen molar-refractivity contribution < 1.29 is 4.74 Å². The lowest BCUT2D eigenvalue weighted by Gasteiger charge is -2.09. The van der Waals surface area contributed by atoms with Crippen LogP contribution in [0.4, 0.5) is 11.6 Å². The Hall–Kier alpha value is -2.58. The standard InChI is InChI=1S/C20H17Cl3N6O/c21-13-6-12(7-14(9-13)30-4-3-24)5-11-1-2-16-15(8-11)19(29-28-16)26-18-10-17(22)25-20(23)27-18/h1-2,6-10H,3-5,24H2,(H2,25,26,27,28,29). The van der Waals surface area contributed by atoms with Gasteiger partial charge in [0.1, 0.15) is 23.3 Å². The van der Waals surface area contributed by atoms with Crippen molar-refractivity contribution in [1.82, 2.24) is 20.2 Å². The third-order valence-corrected chi connectivity index (χ3v) is 4.85. The monoisotopic (exact) mass is 462 g/mol. The molecule has 0 spiro atoms. The summed E-state index contributed by atoms with van der Waals surface area (Å²) < 4.78 is 5.61. The molecule has 0 bridgehead atoms. The number of H-pyrrole nitrogens is 1. The average molecular weight is 464 g/mol. The Balaban J connectivity index is 1.60. The van der Waals surface area contributed by atoms with E-state index in [1.54, 1.807) is 12.1 Å². The second-order valence-electron chi connectivity index (χ2n) is 6.53. The molecule has 0 saturated heterocycles. The van der Waals surface area contributed by atoms with Crippen LogP contribution in [0.25, 0.3) is 10.9 Å². The lowest BCUT2D eigenvalue weighted by Crippen LogP contribution is -2.10. The highest BCUT2D eigenvalue weighted by Gasteiger charge is 2.10. The maximum absolute atomic E-state index is 6.24. The van der Waals surface area contributed by atoms with E-state index in [1.165, 1.54) is 0 Å². The van der Waals surface area contributed by atoms with Gasteiger partial charge in [-0.05, 0) is 59.5 Å². The summed E-state index contributed by atoms with van der Waals surface area (Å²) >= 11 is 18.1. The fraction of sp³-hybridized carbons (Fsp3) is 0.150. The molecule has 0 aliphatic carbocycles. The summed E-state index contributed by atoms with van der Waals surface area (Å²) in [6, 6.07) is 13.3. The van der Waals surface area contributed by atoms with Crippen molar-refractivity contribution >= 4 is 57.3 Å². The van der Waals surface area contributed by atoms with Crippen molar-refractivity contribution in [2.24, 2.45) is 5.73 Å². The number of benzene rings is 2. The molecule has 2 heterocycles. The molecule has 2 aromatic heterocycles. The number of fused-ring (bicyclic) bond motifs is 1. The molecule has 2 aromatic carbocycles. The van der Waals surface area contributed by atoms with E-state index in [-0.39, 0.29) is 10.4 Å². The van der Waals surface area contributed by atoms with Gasteiger partial charge in [-0.3, -0.25) is 5.10 Å². The summed E-state index contributed by atoms with van der Waals surface area (Å²) in [4.78, 5) is 7.96. The van der Waals surface area contributed by atoms with Crippen LogP contribution in [0.5, 0.6) is 5.75 Å². The van der Waals surface area contributed by atoms with Crippen LogP contribution >= 0.6 is 34.8 Å². The van der Waals surface area contributed by atoms with Crippen LogP contribution in [0.1, 0.15) is 11.1 Å². The predicted molar refractivity (Wildman–Crippen MR) is 120 cm³/mol. The lowest BCUT2D eigenvalue weighted by molar-refractivity contribution is 0.328. The van der Waals surface area contributed by atoms with Crippen molar-refractivity contribution in [1.29, 1.82) is 0 Å². The molecule has 154 valence electrons. The molecule has 0 atom stereocenters. The fourth-order valence-corrected chi connectivity index (χ4v) is 3.72. The molecule has 4 N–H and O–H groups in total. The first kappa shape index (κ1) is 20.7. The van der Waals surface area contributed by atoms with E-state index in [0.717, 1.165) is 22.0 Å². The van der Waals surface area contributed by atoms with Gasteiger partial charge in [0.05, 0.1) is 5.52 Å². The number of nitrogens with zero attached hydrogens (tertiary/aromatic N) is 3. The lowest BCUT2D eigenvalue weighted by atomic mass is 10.0. The van der Waals surface area contributed by atoms with Gasteiger partial charge >= 0.3 is 0 Å². The molecular weight excluding hydrogens is 447 g/mol. The van der Waals surface area contributed by atoms with Gasteiger partial charge in [-0.25, -0.2) is 9.97 Å². The first-order chi connectivity index (χ1) is 14.5.